The van der Waals surface area contributed by atoms with Crippen LogP contribution in [-0.2, 0) is 9.53 Å². The van der Waals surface area contributed by atoms with Gasteiger partial charge in [0.2, 0.25) is 0 Å². The van der Waals surface area contributed by atoms with Crippen molar-refractivity contribution in [3.05, 3.63) is 115 Å². The van der Waals surface area contributed by atoms with Gasteiger partial charge in [-0.2, -0.15) is 0 Å². The lowest BCUT2D eigenvalue weighted by Crippen LogP contribution is -2.32. The van der Waals surface area contributed by atoms with Gasteiger partial charge in [-0.25, -0.2) is 4.79 Å². The van der Waals surface area contributed by atoms with E-state index in [1.54, 1.807) is 6.08 Å². The fourth-order valence-electron chi connectivity index (χ4n) is 3.31. The number of ether oxygens (including phenoxy) is 1. The molecule has 0 aliphatic rings. The van der Waals surface area contributed by atoms with Crippen LogP contribution < -0.4 is 15.9 Å². The second-order valence-corrected chi connectivity index (χ2v) is 9.84. The molecule has 0 saturated heterocycles. The molecule has 0 atom stereocenters. The minimum Gasteiger partial charge on any atom is -0.466 e. The van der Waals surface area contributed by atoms with E-state index >= 15 is 0 Å². The quantitative estimate of drug-likeness (QED) is 0.262. The third kappa shape index (κ3) is 4.47. The maximum absolute atomic E-state index is 11.3. The van der Waals surface area contributed by atoms with Gasteiger partial charge in [0, 0.05) is 6.08 Å². The lowest BCUT2D eigenvalue weighted by molar-refractivity contribution is -0.134. The van der Waals surface area contributed by atoms with E-state index in [4.69, 9.17) is 0 Å². The molecule has 3 rings (SSSR count). The highest BCUT2D eigenvalue weighted by molar-refractivity contribution is 7.95. The van der Waals surface area contributed by atoms with Crippen molar-refractivity contribution in [2.75, 3.05) is 13.3 Å². The molecule has 0 aromatic heterocycles. The molecule has 0 N–H and O–H groups in total. The summed E-state index contributed by atoms with van der Waals surface area (Å²) in [7, 11) is -0.479. The predicted molar refractivity (Wildman–Crippen MR) is 120 cm³/mol. The molecule has 0 aliphatic heterocycles. The van der Waals surface area contributed by atoms with E-state index < -0.39 is 7.26 Å². The van der Waals surface area contributed by atoms with E-state index in [0.717, 1.165) is 6.16 Å². The van der Waals surface area contributed by atoms with Gasteiger partial charge < -0.3 is 4.74 Å². The van der Waals surface area contributed by atoms with Gasteiger partial charge in [-0.3, -0.25) is 0 Å². The molecule has 0 bridgehead atoms. The number of methoxy groups -OCH3 is 1. The number of carbonyl (C=O) groups is 1. The van der Waals surface area contributed by atoms with Crippen LogP contribution in [0.4, 0.5) is 0 Å². The van der Waals surface area contributed by atoms with Crippen LogP contribution in [-0.4, -0.2) is 19.2 Å². The maximum atomic E-state index is 11.3. The Balaban J connectivity index is 2.10. The summed E-state index contributed by atoms with van der Waals surface area (Å²) in [6, 6.07) is 32.2. The summed E-state index contributed by atoms with van der Waals surface area (Å²) in [5.74, 6) is -0.347. The largest absolute Gasteiger partial charge is 0.466 e. The summed E-state index contributed by atoms with van der Waals surface area (Å²) in [4.78, 5) is 11.3. The fraction of sp³-hybridized carbons (Fsp3) is 0.0800. The zero-order chi connectivity index (χ0) is 19.7. The zero-order valence-electron chi connectivity index (χ0n) is 15.9. The Morgan fingerprint density at radius 2 is 1.18 bits per heavy atom. The minimum absolute atomic E-state index is 0.347. The third-order valence-corrected chi connectivity index (χ3v) is 8.95. The van der Waals surface area contributed by atoms with Crippen molar-refractivity contribution in [1.82, 2.24) is 0 Å². The molecule has 0 aliphatic carbocycles. The number of hydrogen-bond donors (Lipinski definition) is 0. The molecule has 140 valence electrons. The molecule has 0 spiro atoms. The van der Waals surface area contributed by atoms with E-state index in [-0.39, 0.29) is 5.97 Å². The van der Waals surface area contributed by atoms with Crippen LogP contribution in [0.2, 0.25) is 0 Å². The second kappa shape index (κ2) is 9.82. The summed E-state index contributed by atoms with van der Waals surface area (Å²) in [6.45, 7) is 0. The maximum Gasteiger partial charge on any atom is 0.330 e. The first-order valence-corrected chi connectivity index (χ1v) is 11.2. The van der Waals surface area contributed by atoms with Gasteiger partial charge in [0.05, 0.1) is 13.3 Å². The lowest BCUT2D eigenvalue weighted by Gasteiger charge is -2.26. The van der Waals surface area contributed by atoms with Gasteiger partial charge in [0.15, 0.2) is 0 Å². The normalized spacial score (nSPS) is 11.8. The van der Waals surface area contributed by atoms with Gasteiger partial charge in [-0.05, 0) is 42.5 Å². The van der Waals surface area contributed by atoms with Gasteiger partial charge >= 0.3 is 5.97 Å². The minimum atomic E-state index is -1.86. The Hall–Kier alpha value is -2.96. The molecule has 0 amide bonds. The SMILES string of the molecule is COC(=O)C=CC=CC[P+](c1ccccc1)(c1ccccc1)c1ccccc1. The molecular weight excluding hydrogens is 363 g/mol. The lowest BCUT2D eigenvalue weighted by atomic mass is 10.4. The highest BCUT2D eigenvalue weighted by Crippen LogP contribution is 2.55. The molecule has 2 nitrogen and oxygen atoms in total. The van der Waals surface area contributed by atoms with E-state index in [1.807, 2.05) is 6.08 Å². The fourth-order valence-corrected chi connectivity index (χ4v) is 7.32. The van der Waals surface area contributed by atoms with Crippen molar-refractivity contribution >= 4 is 29.1 Å². The van der Waals surface area contributed by atoms with E-state index in [1.165, 1.54) is 29.1 Å². The van der Waals surface area contributed by atoms with Crippen molar-refractivity contribution in [3.8, 4) is 0 Å². The third-order valence-electron chi connectivity index (χ3n) is 4.65. The van der Waals surface area contributed by atoms with E-state index in [9.17, 15) is 4.79 Å². The first-order chi connectivity index (χ1) is 13.8. The molecule has 0 radical (unpaired) electrons. The molecule has 3 aromatic carbocycles. The van der Waals surface area contributed by atoms with Crippen LogP contribution in [0.15, 0.2) is 115 Å². The first kappa shape index (κ1) is 19.8. The summed E-state index contributed by atoms with van der Waals surface area (Å²) in [6.07, 6.45) is 8.13. The highest BCUT2D eigenvalue weighted by Gasteiger charge is 2.43. The van der Waals surface area contributed by atoms with Crippen molar-refractivity contribution in [2.45, 2.75) is 0 Å². The molecular formula is C25H24O2P+. The van der Waals surface area contributed by atoms with Gasteiger partial charge in [0.25, 0.3) is 0 Å². The predicted octanol–water partition coefficient (Wildman–Crippen LogP) is 4.27. The Morgan fingerprint density at radius 3 is 1.57 bits per heavy atom. The van der Waals surface area contributed by atoms with Crippen LogP contribution in [0.25, 0.3) is 0 Å². The van der Waals surface area contributed by atoms with Gasteiger partial charge in [-0.1, -0.05) is 66.7 Å². The van der Waals surface area contributed by atoms with Crippen molar-refractivity contribution < 1.29 is 9.53 Å². The standard InChI is InChI=1S/C25H24O2P/c1-27-25(26)20-12-5-13-21-28(22-14-6-2-7-15-22,23-16-8-3-9-17-23)24-18-10-4-11-19-24/h2-20H,21H2,1H3/q+1. The number of esters is 1. The second-order valence-electron chi connectivity index (χ2n) is 6.31. The first-order valence-electron chi connectivity index (χ1n) is 9.23. The smallest absolute Gasteiger partial charge is 0.330 e. The Morgan fingerprint density at radius 1 is 0.750 bits per heavy atom. The molecule has 3 heteroatoms. The summed E-state index contributed by atoms with van der Waals surface area (Å²) in [5.41, 5.74) is 0. The number of allylic oxidation sites excluding steroid dienone is 3. The van der Waals surface area contributed by atoms with Crippen molar-refractivity contribution in [1.29, 1.82) is 0 Å². The van der Waals surface area contributed by atoms with Crippen LogP contribution in [0.5, 0.6) is 0 Å². The Bertz CT molecular complexity index is 835. The van der Waals surface area contributed by atoms with Gasteiger partial charge in [-0.15, -0.1) is 0 Å². The van der Waals surface area contributed by atoms with Crippen molar-refractivity contribution in [2.24, 2.45) is 0 Å². The molecule has 3 aromatic rings. The molecule has 0 heterocycles. The molecule has 0 saturated carbocycles. The highest BCUT2D eigenvalue weighted by atomic mass is 31.2. The number of hydrogen-bond acceptors (Lipinski definition) is 2. The van der Waals surface area contributed by atoms with Crippen molar-refractivity contribution in [3.63, 3.8) is 0 Å². The number of carbonyl (C=O) groups excluding carboxylic acids is 1. The number of rotatable bonds is 7. The Labute approximate surface area is 167 Å². The van der Waals surface area contributed by atoms with E-state index in [0.29, 0.717) is 0 Å². The van der Waals surface area contributed by atoms with Crippen LogP contribution in [0.3, 0.4) is 0 Å². The summed E-state index contributed by atoms with van der Waals surface area (Å²) < 4.78 is 4.65. The van der Waals surface area contributed by atoms with Crippen LogP contribution in [0, 0.1) is 0 Å². The average Bonchev–Trinajstić information content (AvgIpc) is 2.78. The Kier molecular flexibility index (Phi) is 6.94. The monoisotopic (exact) mass is 387 g/mol. The molecule has 28 heavy (non-hydrogen) atoms. The topological polar surface area (TPSA) is 26.3 Å². The zero-order valence-corrected chi connectivity index (χ0v) is 16.8. The number of benzene rings is 3. The van der Waals surface area contributed by atoms with Crippen LogP contribution >= 0.6 is 7.26 Å². The molecule has 0 fully saturated rings. The molecule has 0 unspecified atom stereocenters. The average molecular weight is 387 g/mol. The van der Waals surface area contributed by atoms with E-state index in [2.05, 4.69) is 102 Å². The summed E-state index contributed by atoms with van der Waals surface area (Å²) >= 11 is 0. The van der Waals surface area contributed by atoms with Crippen LogP contribution in [0.1, 0.15) is 0 Å². The summed E-state index contributed by atoms with van der Waals surface area (Å²) in [5, 5.41) is 4.02. The van der Waals surface area contributed by atoms with Gasteiger partial charge in [0.1, 0.15) is 23.2 Å².